The van der Waals surface area contributed by atoms with Crippen LogP contribution in [0.4, 0.5) is 39.5 Å². The molecule has 0 aromatic heterocycles. The van der Waals surface area contributed by atoms with Crippen molar-refractivity contribution in [2.75, 3.05) is 0 Å². The van der Waals surface area contributed by atoms with Crippen LogP contribution in [0.1, 0.15) is 22.3 Å². The third kappa shape index (κ3) is 3.95. The maximum Gasteiger partial charge on any atom is 0.426 e. The number of aliphatic hydroxyl groups is 1. The molecule has 0 radical (unpaired) electrons. The van der Waals surface area contributed by atoms with Crippen LogP contribution in [0, 0.1) is 0 Å². The number of rotatable bonds is 3. The van der Waals surface area contributed by atoms with Gasteiger partial charge in [-0.1, -0.05) is 12.1 Å². The minimum atomic E-state index is -6.19. The molecule has 1 aromatic rings. The Morgan fingerprint density at radius 1 is 0.826 bits per heavy atom. The zero-order valence-electron chi connectivity index (χ0n) is 10.8. The standard InChI is InChI=1S/C12H7F9O2/c13-10(14,15)7-3-1-6(2-4-7)8(22)5-9(23,11(16,17)18)12(19,20)21/h1-4,23H,5H2. The lowest BCUT2D eigenvalue weighted by Crippen LogP contribution is -2.57. The lowest BCUT2D eigenvalue weighted by Gasteiger charge is -2.31. The number of ketones is 1. The zero-order valence-corrected chi connectivity index (χ0v) is 10.8. The molecule has 2 nitrogen and oxygen atoms in total. The fourth-order valence-corrected chi connectivity index (χ4v) is 1.54. The summed E-state index contributed by atoms with van der Waals surface area (Å²) in [7, 11) is 0. The first kappa shape index (κ1) is 19.3. The molecule has 0 unspecified atom stereocenters. The number of hydrogen-bond donors (Lipinski definition) is 1. The Labute approximate surface area is 122 Å². The molecule has 130 valence electrons. The van der Waals surface area contributed by atoms with Gasteiger partial charge in [-0.3, -0.25) is 4.79 Å². The molecule has 0 aliphatic heterocycles. The van der Waals surface area contributed by atoms with E-state index < -0.39 is 47.5 Å². The fraction of sp³-hybridized carbons (Fsp3) is 0.417. The third-order valence-corrected chi connectivity index (χ3v) is 2.89. The summed E-state index contributed by atoms with van der Waals surface area (Å²) >= 11 is 0. The molecule has 0 amide bonds. The van der Waals surface area contributed by atoms with Crippen molar-refractivity contribution in [3.63, 3.8) is 0 Å². The van der Waals surface area contributed by atoms with Crippen molar-refractivity contribution in [3.8, 4) is 0 Å². The van der Waals surface area contributed by atoms with Gasteiger partial charge in [-0.2, -0.15) is 39.5 Å². The van der Waals surface area contributed by atoms with Crippen molar-refractivity contribution in [1.29, 1.82) is 0 Å². The number of Topliss-reactive ketones (excluding diaryl/α,β-unsaturated/α-hetero) is 1. The molecule has 1 aromatic carbocycles. The summed E-state index contributed by atoms with van der Waals surface area (Å²) in [6.45, 7) is 0. The Morgan fingerprint density at radius 3 is 1.52 bits per heavy atom. The van der Waals surface area contributed by atoms with Crippen molar-refractivity contribution in [2.24, 2.45) is 0 Å². The van der Waals surface area contributed by atoms with Gasteiger partial charge in [-0.15, -0.1) is 0 Å². The largest absolute Gasteiger partial charge is 0.426 e. The van der Waals surface area contributed by atoms with Crippen LogP contribution in [-0.2, 0) is 6.18 Å². The van der Waals surface area contributed by atoms with Crippen LogP contribution >= 0.6 is 0 Å². The van der Waals surface area contributed by atoms with Crippen LogP contribution in [0.15, 0.2) is 24.3 Å². The molecule has 0 fully saturated rings. The van der Waals surface area contributed by atoms with Gasteiger partial charge in [0.05, 0.1) is 12.0 Å². The molecule has 0 spiro atoms. The minimum absolute atomic E-state index is 0.327. The average molecular weight is 354 g/mol. The van der Waals surface area contributed by atoms with E-state index in [2.05, 4.69) is 0 Å². The first-order valence-corrected chi connectivity index (χ1v) is 5.66. The van der Waals surface area contributed by atoms with E-state index in [0.29, 0.717) is 24.3 Å². The number of hydrogen-bond acceptors (Lipinski definition) is 2. The Bertz CT molecular complexity index is 552. The summed E-state index contributed by atoms with van der Waals surface area (Å²) in [5.74, 6) is -1.81. The lowest BCUT2D eigenvalue weighted by atomic mass is 9.92. The van der Waals surface area contributed by atoms with E-state index in [1.54, 1.807) is 0 Å². The van der Waals surface area contributed by atoms with Crippen molar-refractivity contribution < 1.29 is 49.4 Å². The Hall–Kier alpha value is -1.78. The van der Waals surface area contributed by atoms with Gasteiger partial charge in [0, 0.05) is 5.56 Å². The van der Waals surface area contributed by atoms with Gasteiger partial charge in [0.1, 0.15) is 0 Å². The molecule has 23 heavy (non-hydrogen) atoms. The van der Waals surface area contributed by atoms with E-state index in [-0.39, 0.29) is 0 Å². The van der Waals surface area contributed by atoms with Gasteiger partial charge >= 0.3 is 18.5 Å². The molecule has 0 saturated carbocycles. The number of carbonyl (C=O) groups excluding carboxylic acids is 1. The molecule has 0 aliphatic carbocycles. The van der Waals surface area contributed by atoms with Gasteiger partial charge < -0.3 is 5.11 Å². The summed E-state index contributed by atoms with van der Waals surface area (Å²) in [4.78, 5) is 11.5. The highest BCUT2D eigenvalue weighted by Gasteiger charge is 2.70. The van der Waals surface area contributed by atoms with Gasteiger partial charge in [0.15, 0.2) is 5.78 Å². The van der Waals surface area contributed by atoms with E-state index in [0.717, 1.165) is 0 Å². The van der Waals surface area contributed by atoms with Gasteiger partial charge in [0.25, 0.3) is 5.60 Å². The molecular weight excluding hydrogens is 347 g/mol. The monoisotopic (exact) mass is 354 g/mol. The Balaban J connectivity index is 3.10. The number of halogens is 9. The topological polar surface area (TPSA) is 37.3 Å². The van der Waals surface area contributed by atoms with Crippen LogP contribution in [-0.4, -0.2) is 28.8 Å². The van der Waals surface area contributed by atoms with E-state index in [1.807, 2.05) is 0 Å². The summed E-state index contributed by atoms with van der Waals surface area (Å²) in [5.41, 5.74) is -7.36. The number of alkyl halides is 9. The van der Waals surface area contributed by atoms with Crippen LogP contribution in [0.25, 0.3) is 0 Å². The molecule has 1 rings (SSSR count). The predicted molar refractivity (Wildman–Crippen MR) is 57.5 cm³/mol. The molecular formula is C12H7F9O2. The minimum Gasteiger partial charge on any atom is -0.373 e. The maximum atomic E-state index is 12.4. The maximum absolute atomic E-state index is 12.4. The van der Waals surface area contributed by atoms with E-state index in [4.69, 9.17) is 5.11 Å². The van der Waals surface area contributed by atoms with Crippen LogP contribution in [0.2, 0.25) is 0 Å². The van der Waals surface area contributed by atoms with Gasteiger partial charge in [0.2, 0.25) is 0 Å². The normalized spacial score (nSPS) is 14.0. The SMILES string of the molecule is O=C(CC(O)(C(F)(F)F)C(F)(F)F)c1ccc(C(F)(F)F)cc1. The molecule has 1 N–H and O–H groups in total. The number of carbonyl (C=O) groups is 1. The quantitative estimate of drug-likeness (QED) is 0.655. The first-order valence-electron chi connectivity index (χ1n) is 5.66. The Morgan fingerprint density at radius 2 is 1.22 bits per heavy atom. The van der Waals surface area contributed by atoms with Crippen LogP contribution in [0.3, 0.4) is 0 Å². The fourth-order valence-electron chi connectivity index (χ4n) is 1.54. The van der Waals surface area contributed by atoms with E-state index in [9.17, 15) is 44.3 Å². The summed E-state index contributed by atoms with van der Waals surface area (Å²) in [5, 5.41) is 8.85. The van der Waals surface area contributed by atoms with Crippen LogP contribution in [0.5, 0.6) is 0 Å². The predicted octanol–water partition coefficient (Wildman–Crippen LogP) is 4.13. The highest BCUT2D eigenvalue weighted by molar-refractivity contribution is 5.96. The van der Waals surface area contributed by atoms with E-state index >= 15 is 0 Å². The highest BCUT2D eigenvalue weighted by atomic mass is 19.4. The van der Waals surface area contributed by atoms with Gasteiger partial charge in [-0.25, -0.2) is 0 Å². The summed E-state index contributed by atoms with van der Waals surface area (Å²) < 4.78 is 111. The first-order chi connectivity index (χ1) is 10.1. The second-order valence-corrected chi connectivity index (χ2v) is 4.53. The lowest BCUT2D eigenvalue weighted by molar-refractivity contribution is -0.365. The second kappa shape index (κ2) is 5.69. The smallest absolute Gasteiger partial charge is 0.373 e. The molecule has 0 bridgehead atoms. The average Bonchev–Trinajstić information content (AvgIpc) is 2.35. The number of benzene rings is 1. The van der Waals surface area contributed by atoms with Crippen molar-refractivity contribution in [2.45, 2.75) is 30.6 Å². The van der Waals surface area contributed by atoms with Crippen molar-refractivity contribution in [3.05, 3.63) is 35.4 Å². The molecule has 0 aliphatic rings. The summed E-state index contributed by atoms with van der Waals surface area (Å²) in [6.07, 6.45) is -19.6. The second-order valence-electron chi connectivity index (χ2n) is 4.53. The zero-order chi connectivity index (χ0) is 18.3. The van der Waals surface area contributed by atoms with Crippen molar-refractivity contribution in [1.82, 2.24) is 0 Å². The van der Waals surface area contributed by atoms with Crippen LogP contribution < -0.4 is 0 Å². The summed E-state index contributed by atoms with van der Waals surface area (Å²) in [6, 6.07) is 1.51. The van der Waals surface area contributed by atoms with E-state index in [1.165, 1.54) is 0 Å². The Kier molecular flexibility index (Phi) is 4.77. The molecule has 11 heteroatoms. The van der Waals surface area contributed by atoms with Gasteiger partial charge in [-0.05, 0) is 12.1 Å². The molecule has 0 heterocycles. The molecule has 0 atom stereocenters. The molecule has 0 saturated heterocycles. The van der Waals surface area contributed by atoms with Crippen molar-refractivity contribution >= 4 is 5.78 Å². The third-order valence-electron chi connectivity index (χ3n) is 2.89. The highest BCUT2D eigenvalue weighted by Crippen LogP contribution is 2.45.